The van der Waals surface area contributed by atoms with Gasteiger partial charge in [-0.3, -0.25) is 25.2 Å². The van der Waals surface area contributed by atoms with Gasteiger partial charge in [-0.25, -0.2) is 0 Å². The largest absolute Gasteiger partial charge is 0.493 e. The zero-order valence-electron chi connectivity index (χ0n) is 16.2. The molecule has 2 aromatic rings. The second-order valence-electron chi connectivity index (χ2n) is 6.23. The van der Waals surface area contributed by atoms with Crippen LogP contribution in [0, 0.1) is 0 Å². The van der Waals surface area contributed by atoms with Crippen LogP contribution in [0.5, 0.6) is 5.75 Å². The molecule has 0 saturated carbocycles. The summed E-state index contributed by atoms with van der Waals surface area (Å²) in [7, 11) is 0. The SMILES string of the molecule is CCCCOc1ccccc1C(=O)NNC(=O)CCC(=O)Nc1ccccc1Cl. The molecule has 0 radical (unpaired) electrons. The number of carbonyl (C=O) groups excluding carboxylic acids is 3. The van der Waals surface area contributed by atoms with E-state index in [1.54, 1.807) is 48.5 Å². The molecule has 154 valence electrons. The van der Waals surface area contributed by atoms with Gasteiger partial charge in [0, 0.05) is 12.8 Å². The van der Waals surface area contributed by atoms with Crippen LogP contribution in [0.15, 0.2) is 48.5 Å². The summed E-state index contributed by atoms with van der Waals surface area (Å²) in [6.45, 7) is 2.56. The highest BCUT2D eigenvalue weighted by atomic mass is 35.5. The molecule has 0 heterocycles. The quantitative estimate of drug-likeness (QED) is 0.428. The molecule has 7 nitrogen and oxygen atoms in total. The first-order valence-corrected chi connectivity index (χ1v) is 9.74. The van der Waals surface area contributed by atoms with Gasteiger partial charge in [0.15, 0.2) is 0 Å². The average Bonchev–Trinajstić information content (AvgIpc) is 2.72. The summed E-state index contributed by atoms with van der Waals surface area (Å²) < 4.78 is 5.61. The molecule has 0 aliphatic rings. The van der Waals surface area contributed by atoms with Crippen LogP contribution in [0.4, 0.5) is 5.69 Å². The first-order valence-electron chi connectivity index (χ1n) is 9.36. The Morgan fingerprint density at radius 1 is 0.931 bits per heavy atom. The lowest BCUT2D eigenvalue weighted by Gasteiger charge is -2.12. The summed E-state index contributed by atoms with van der Waals surface area (Å²) in [6.07, 6.45) is 1.71. The van der Waals surface area contributed by atoms with Crippen molar-refractivity contribution in [1.29, 1.82) is 0 Å². The minimum Gasteiger partial charge on any atom is -0.493 e. The van der Waals surface area contributed by atoms with Gasteiger partial charge < -0.3 is 10.1 Å². The molecular weight excluding hydrogens is 394 g/mol. The van der Waals surface area contributed by atoms with Crippen LogP contribution >= 0.6 is 11.6 Å². The molecular formula is C21H24ClN3O4. The number of halogens is 1. The number of nitrogens with one attached hydrogen (secondary N) is 3. The van der Waals surface area contributed by atoms with Crippen molar-refractivity contribution in [2.24, 2.45) is 0 Å². The number of anilines is 1. The Kier molecular flexibility index (Phi) is 8.98. The van der Waals surface area contributed by atoms with Crippen LogP contribution in [-0.2, 0) is 9.59 Å². The number of hydrogen-bond donors (Lipinski definition) is 3. The fourth-order valence-electron chi connectivity index (χ4n) is 2.37. The van der Waals surface area contributed by atoms with Crippen molar-refractivity contribution in [3.05, 3.63) is 59.1 Å². The Balaban J connectivity index is 1.78. The van der Waals surface area contributed by atoms with E-state index in [1.165, 1.54) is 0 Å². The maximum atomic E-state index is 12.3. The Hall–Kier alpha value is -3.06. The van der Waals surface area contributed by atoms with Crippen molar-refractivity contribution in [2.45, 2.75) is 32.6 Å². The fraction of sp³-hybridized carbons (Fsp3) is 0.286. The third-order valence-electron chi connectivity index (χ3n) is 3.93. The van der Waals surface area contributed by atoms with Crippen LogP contribution in [-0.4, -0.2) is 24.3 Å². The predicted octanol–water partition coefficient (Wildman–Crippen LogP) is 3.70. The van der Waals surface area contributed by atoms with E-state index in [0.717, 1.165) is 12.8 Å². The van der Waals surface area contributed by atoms with Crippen molar-refractivity contribution in [3.63, 3.8) is 0 Å². The molecule has 3 amide bonds. The van der Waals surface area contributed by atoms with Crippen molar-refractivity contribution < 1.29 is 19.1 Å². The van der Waals surface area contributed by atoms with Crippen LogP contribution in [0.1, 0.15) is 43.0 Å². The van der Waals surface area contributed by atoms with Gasteiger partial charge in [0.2, 0.25) is 11.8 Å². The molecule has 0 aromatic heterocycles. The Bertz CT molecular complexity index is 857. The van der Waals surface area contributed by atoms with Crippen LogP contribution < -0.4 is 20.9 Å². The van der Waals surface area contributed by atoms with Crippen molar-refractivity contribution >= 4 is 35.0 Å². The highest BCUT2D eigenvalue weighted by molar-refractivity contribution is 6.33. The first kappa shape index (κ1) is 22.2. The Labute approximate surface area is 174 Å². The lowest BCUT2D eigenvalue weighted by atomic mass is 10.2. The van der Waals surface area contributed by atoms with E-state index in [0.29, 0.717) is 28.6 Å². The molecule has 0 aliphatic carbocycles. The van der Waals surface area contributed by atoms with E-state index < -0.39 is 11.8 Å². The van der Waals surface area contributed by atoms with Crippen molar-refractivity contribution in [2.75, 3.05) is 11.9 Å². The van der Waals surface area contributed by atoms with E-state index in [4.69, 9.17) is 16.3 Å². The molecule has 0 aliphatic heterocycles. The third-order valence-corrected chi connectivity index (χ3v) is 4.26. The zero-order valence-corrected chi connectivity index (χ0v) is 16.9. The van der Waals surface area contributed by atoms with E-state index in [-0.39, 0.29) is 18.7 Å². The number of unbranched alkanes of at least 4 members (excludes halogenated alkanes) is 1. The highest BCUT2D eigenvalue weighted by Crippen LogP contribution is 2.20. The molecule has 8 heteroatoms. The molecule has 0 spiro atoms. The molecule has 2 aromatic carbocycles. The van der Waals surface area contributed by atoms with Gasteiger partial charge in [-0.15, -0.1) is 0 Å². The van der Waals surface area contributed by atoms with Gasteiger partial charge in [-0.05, 0) is 30.7 Å². The monoisotopic (exact) mass is 417 g/mol. The summed E-state index contributed by atoms with van der Waals surface area (Å²) in [6, 6.07) is 13.6. The third kappa shape index (κ3) is 7.46. The number of ether oxygens (including phenoxy) is 1. The molecule has 29 heavy (non-hydrogen) atoms. The Morgan fingerprint density at radius 3 is 2.38 bits per heavy atom. The van der Waals surface area contributed by atoms with Crippen LogP contribution in [0.3, 0.4) is 0 Å². The van der Waals surface area contributed by atoms with E-state index >= 15 is 0 Å². The summed E-state index contributed by atoms with van der Waals surface area (Å²) in [4.78, 5) is 36.2. The minimum absolute atomic E-state index is 0.0519. The molecule has 0 atom stereocenters. The molecule has 0 fully saturated rings. The second kappa shape index (κ2) is 11.7. The molecule has 0 unspecified atom stereocenters. The maximum absolute atomic E-state index is 12.3. The van der Waals surface area contributed by atoms with Crippen molar-refractivity contribution in [1.82, 2.24) is 10.9 Å². The summed E-state index contributed by atoms with van der Waals surface area (Å²) in [5.74, 6) is -0.885. The number of para-hydroxylation sites is 2. The second-order valence-corrected chi connectivity index (χ2v) is 6.64. The van der Waals surface area contributed by atoms with E-state index in [2.05, 4.69) is 16.2 Å². The van der Waals surface area contributed by atoms with Crippen LogP contribution in [0.25, 0.3) is 0 Å². The van der Waals surface area contributed by atoms with Gasteiger partial charge in [-0.2, -0.15) is 0 Å². The van der Waals surface area contributed by atoms with Gasteiger partial charge in [0.25, 0.3) is 5.91 Å². The number of benzene rings is 2. The standard InChI is InChI=1S/C21H24ClN3O4/c1-2-3-14-29-18-11-7-4-8-15(18)21(28)25-24-20(27)13-12-19(26)23-17-10-6-5-9-16(17)22/h4-11H,2-3,12-14H2,1H3,(H,23,26)(H,24,27)(H,25,28). The van der Waals surface area contributed by atoms with Crippen molar-refractivity contribution in [3.8, 4) is 5.75 Å². The summed E-state index contributed by atoms with van der Waals surface area (Å²) >= 11 is 5.97. The smallest absolute Gasteiger partial charge is 0.273 e. The number of amides is 3. The van der Waals surface area contributed by atoms with Gasteiger partial charge in [-0.1, -0.05) is 49.2 Å². The van der Waals surface area contributed by atoms with E-state index in [9.17, 15) is 14.4 Å². The maximum Gasteiger partial charge on any atom is 0.273 e. The molecule has 0 bridgehead atoms. The Morgan fingerprint density at radius 2 is 1.62 bits per heavy atom. The van der Waals surface area contributed by atoms with Crippen LogP contribution in [0.2, 0.25) is 5.02 Å². The normalized spacial score (nSPS) is 10.1. The number of hydrazine groups is 1. The highest BCUT2D eigenvalue weighted by Gasteiger charge is 2.14. The first-order chi connectivity index (χ1) is 14.0. The number of carbonyl (C=O) groups is 3. The fourth-order valence-corrected chi connectivity index (χ4v) is 2.55. The minimum atomic E-state index is -0.494. The average molecular weight is 418 g/mol. The molecule has 0 saturated heterocycles. The van der Waals surface area contributed by atoms with E-state index in [1.807, 2.05) is 6.92 Å². The lowest BCUT2D eigenvalue weighted by molar-refractivity contribution is -0.124. The number of hydrogen-bond acceptors (Lipinski definition) is 4. The predicted molar refractivity (Wildman–Crippen MR) is 112 cm³/mol. The molecule has 2 rings (SSSR count). The summed E-state index contributed by atoms with van der Waals surface area (Å²) in [5, 5.41) is 3.05. The number of rotatable bonds is 9. The van der Waals surface area contributed by atoms with Gasteiger partial charge >= 0.3 is 0 Å². The zero-order chi connectivity index (χ0) is 21.1. The van der Waals surface area contributed by atoms with Gasteiger partial charge in [0.05, 0.1) is 22.9 Å². The topological polar surface area (TPSA) is 96.5 Å². The lowest BCUT2D eigenvalue weighted by Crippen LogP contribution is -2.42. The van der Waals surface area contributed by atoms with Gasteiger partial charge in [0.1, 0.15) is 5.75 Å². The summed E-state index contributed by atoms with van der Waals surface area (Å²) in [5.41, 5.74) is 5.45. The molecule has 3 N–H and O–H groups in total.